The molecule has 5 heteroatoms. The predicted octanol–water partition coefficient (Wildman–Crippen LogP) is 3.66. The van der Waals surface area contributed by atoms with Crippen LogP contribution in [0.3, 0.4) is 0 Å². The lowest BCUT2D eigenvalue weighted by Gasteiger charge is -2.05. The number of nitrogens with zero attached hydrogens (tertiary/aromatic N) is 1. The molecule has 0 radical (unpaired) electrons. The van der Waals surface area contributed by atoms with Crippen LogP contribution in [0.25, 0.3) is 28.1 Å². The molecule has 0 fully saturated rings. The third-order valence-electron chi connectivity index (χ3n) is 3.37. The van der Waals surface area contributed by atoms with Gasteiger partial charge in [0.25, 0.3) is 0 Å². The van der Waals surface area contributed by atoms with Crippen molar-refractivity contribution in [2.45, 2.75) is 0 Å². The number of carbonyl (C=O) groups is 1. The van der Waals surface area contributed by atoms with Gasteiger partial charge in [-0.05, 0) is 18.2 Å². The Morgan fingerprint density at radius 3 is 2.57 bits per heavy atom. The van der Waals surface area contributed by atoms with Crippen LogP contribution in [0, 0.1) is 0 Å². The Bertz CT molecular complexity index is 865. The van der Waals surface area contributed by atoms with Crippen molar-refractivity contribution in [3.8, 4) is 11.5 Å². The summed E-state index contributed by atoms with van der Waals surface area (Å²) in [5.74, 6) is -0.00769. The fourth-order valence-corrected chi connectivity index (χ4v) is 2.31. The van der Waals surface area contributed by atoms with Gasteiger partial charge < -0.3 is 13.9 Å². The molecule has 116 valence electrons. The van der Waals surface area contributed by atoms with Gasteiger partial charge in [0.1, 0.15) is 11.1 Å². The molecule has 0 aliphatic heterocycles. The molecule has 5 nitrogen and oxygen atoms in total. The number of rotatable bonds is 4. The number of hydrogen-bond donors (Lipinski definition) is 0. The van der Waals surface area contributed by atoms with E-state index in [2.05, 4.69) is 4.98 Å². The Balaban J connectivity index is 2.17. The van der Waals surface area contributed by atoms with E-state index in [0.29, 0.717) is 22.6 Å². The van der Waals surface area contributed by atoms with E-state index < -0.39 is 5.97 Å². The number of esters is 1. The Hall–Kier alpha value is -3.08. The number of benzene rings is 2. The highest BCUT2D eigenvalue weighted by Crippen LogP contribution is 2.30. The largest absolute Gasteiger partial charge is 0.503 e. The molecule has 23 heavy (non-hydrogen) atoms. The maximum absolute atomic E-state index is 12.0. The summed E-state index contributed by atoms with van der Waals surface area (Å²) in [6, 6.07) is 15.0. The van der Waals surface area contributed by atoms with Gasteiger partial charge in [-0.1, -0.05) is 30.3 Å². The van der Waals surface area contributed by atoms with Crippen LogP contribution in [0.15, 0.2) is 59.2 Å². The summed E-state index contributed by atoms with van der Waals surface area (Å²) in [6.07, 6.45) is 1.34. The fourth-order valence-electron chi connectivity index (χ4n) is 2.31. The van der Waals surface area contributed by atoms with E-state index in [1.54, 1.807) is 12.1 Å². The van der Waals surface area contributed by atoms with E-state index in [-0.39, 0.29) is 5.57 Å². The van der Waals surface area contributed by atoms with Gasteiger partial charge in [-0.3, -0.25) is 0 Å². The fraction of sp³-hybridized carbons (Fsp3) is 0.111. The van der Waals surface area contributed by atoms with Gasteiger partial charge in [0.05, 0.1) is 20.5 Å². The number of oxazole rings is 1. The van der Waals surface area contributed by atoms with Gasteiger partial charge in [-0.25, -0.2) is 9.78 Å². The number of carbonyl (C=O) groups excluding carboxylic acids is 1. The lowest BCUT2D eigenvalue weighted by Crippen LogP contribution is -2.04. The minimum absolute atomic E-state index is 0.274. The van der Waals surface area contributed by atoms with E-state index in [9.17, 15) is 4.79 Å². The summed E-state index contributed by atoms with van der Waals surface area (Å²) in [6.45, 7) is 0. The molecule has 2 aromatic carbocycles. The number of fused-ring (bicyclic) bond motifs is 1. The van der Waals surface area contributed by atoms with Crippen molar-refractivity contribution in [2.75, 3.05) is 14.2 Å². The predicted molar refractivity (Wildman–Crippen MR) is 86.4 cm³/mol. The van der Waals surface area contributed by atoms with Gasteiger partial charge >= 0.3 is 5.97 Å². The molecule has 1 aromatic heterocycles. The number of ether oxygens (including phenoxy) is 2. The first-order valence-corrected chi connectivity index (χ1v) is 7.01. The van der Waals surface area contributed by atoms with Crippen molar-refractivity contribution >= 4 is 22.6 Å². The van der Waals surface area contributed by atoms with Crippen molar-refractivity contribution in [1.82, 2.24) is 4.98 Å². The van der Waals surface area contributed by atoms with Crippen molar-refractivity contribution in [2.24, 2.45) is 0 Å². The third-order valence-corrected chi connectivity index (χ3v) is 3.37. The molecule has 0 atom stereocenters. The Labute approximate surface area is 133 Å². The van der Waals surface area contributed by atoms with Crippen LogP contribution < -0.4 is 0 Å². The molecule has 0 N–H and O–H groups in total. The number of para-hydroxylation sites is 1. The normalized spacial score (nSPS) is 11.5. The Kier molecular flexibility index (Phi) is 4.10. The zero-order valence-corrected chi connectivity index (χ0v) is 12.8. The molecule has 3 rings (SSSR count). The lowest BCUT2D eigenvalue weighted by molar-refractivity contribution is -0.133. The van der Waals surface area contributed by atoms with Crippen LogP contribution in [0.2, 0.25) is 0 Å². The van der Waals surface area contributed by atoms with Gasteiger partial charge in [-0.2, -0.15) is 0 Å². The SMILES string of the molecule is CO/C=C(/C(=O)OC)c1cccc2nc(-c3ccccc3)oc12. The summed E-state index contributed by atoms with van der Waals surface area (Å²) in [7, 11) is 2.79. The molecule has 0 spiro atoms. The van der Waals surface area contributed by atoms with Crippen LogP contribution in [0.5, 0.6) is 0 Å². The van der Waals surface area contributed by atoms with E-state index in [4.69, 9.17) is 13.9 Å². The average molecular weight is 309 g/mol. The topological polar surface area (TPSA) is 61.6 Å². The molecule has 0 aliphatic rings. The molecule has 0 amide bonds. The second-order valence-corrected chi connectivity index (χ2v) is 4.80. The third kappa shape index (κ3) is 2.81. The van der Waals surface area contributed by atoms with Gasteiger partial charge in [0.15, 0.2) is 5.58 Å². The number of hydrogen-bond acceptors (Lipinski definition) is 5. The van der Waals surface area contributed by atoms with Crippen molar-refractivity contribution in [3.63, 3.8) is 0 Å². The van der Waals surface area contributed by atoms with Crippen LogP contribution >= 0.6 is 0 Å². The van der Waals surface area contributed by atoms with Crippen LogP contribution in [0.4, 0.5) is 0 Å². The first-order chi connectivity index (χ1) is 11.2. The highest BCUT2D eigenvalue weighted by atomic mass is 16.5. The minimum Gasteiger partial charge on any atom is -0.503 e. The van der Waals surface area contributed by atoms with E-state index >= 15 is 0 Å². The van der Waals surface area contributed by atoms with Crippen LogP contribution in [-0.4, -0.2) is 25.2 Å². The number of methoxy groups -OCH3 is 2. The van der Waals surface area contributed by atoms with Crippen LogP contribution in [-0.2, 0) is 14.3 Å². The van der Waals surface area contributed by atoms with Gasteiger partial charge in [0, 0.05) is 11.1 Å². The zero-order chi connectivity index (χ0) is 16.2. The van der Waals surface area contributed by atoms with Crippen LogP contribution in [0.1, 0.15) is 5.56 Å². The molecule has 0 bridgehead atoms. The molecular weight excluding hydrogens is 294 g/mol. The minimum atomic E-state index is -0.503. The van der Waals surface area contributed by atoms with Crippen molar-refractivity contribution in [3.05, 3.63) is 60.4 Å². The Morgan fingerprint density at radius 1 is 1.09 bits per heavy atom. The smallest absolute Gasteiger partial charge is 0.341 e. The second kappa shape index (κ2) is 6.36. The van der Waals surface area contributed by atoms with Crippen molar-refractivity contribution < 1.29 is 18.7 Å². The average Bonchev–Trinajstić information content (AvgIpc) is 3.04. The highest BCUT2D eigenvalue weighted by molar-refractivity contribution is 6.19. The summed E-state index contributed by atoms with van der Waals surface area (Å²) < 4.78 is 15.7. The molecule has 1 heterocycles. The Morgan fingerprint density at radius 2 is 1.87 bits per heavy atom. The van der Waals surface area contributed by atoms with Gasteiger partial charge in [0.2, 0.25) is 5.89 Å². The summed E-state index contributed by atoms with van der Waals surface area (Å²) in [5, 5.41) is 0. The highest BCUT2D eigenvalue weighted by Gasteiger charge is 2.19. The first-order valence-electron chi connectivity index (χ1n) is 7.01. The lowest BCUT2D eigenvalue weighted by atomic mass is 10.1. The molecule has 0 aliphatic carbocycles. The second-order valence-electron chi connectivity index (χ2n) is 4.80. The summed E-state index contributed by atoms with van der Waals surface area (Å²) in [4.78, 5) is 16.5. The standard InChI is InChI=1S/C18H15NO4/c1-21-11-14(18(20)22-2)13-9-6-10-15-16(13)23-17(19-15)12-7-4-3-5-8-12/h3-11H,1-2H3/b14-11+. The summed E-state index contributed by atoms with van der Waals surface area (Å²) in [5.41, 5.74) is 2.89. The van der Waals surface area contributed by atoms with E-state index in [1.807, 2.05) is 36.4 Å². The summed E-state index contributed by atoms with van der Waals surface area (Å²) >= 11 is 0. The van der Waals surface area contributed by atoms with E-state index in [1.165, 1.54) is 20.5 Å². The molecule has 0 unspecified atom stereocenters. The van der Waals surface area contributed by atoms with Gasteiger partial charge in [-0.15, -0.1) is 0 Å². The molecule has 0 saturated heterocycles. The monoisotopic (exact) mass is 309 g/mol. The number of aromatic nitrogens is 1. The molecule has 3 aromatic rings. The van der Waals surface area contributed by atoms with E-state index in [0.717, 1.165) is 5.56 Å². The first kappa shape index (κ1) is 14.8. The molecule has 0 saturated carbocycles. The quantitative estimate of drug-likeness (QED) is 0.418. The maximum atomic E-state index is 12.0. The zero-order valence-electron chi connectivity index (χ0n) is 12.8. The van der Waals surface area contributed by atoms with Crippen molar-refractivity contribution in [1.29, 1.82) is 0 Å². The molecular formula is C18H15NO4. The maximum Gasteiger partial charge on any atom is 0.341 e.